The third-order valence-electron chi connectivity index (χ3n) is 4.84. The van der Waals surface area contributed by atoms with E-state index in [1.54, 1.807) is 12.1 Å². The number of aryl methyl sites for hydroxylation is 1. The highest BCUT2D eigenvalue weighted by Gasteiger charge is 2.38. The molecule has 10 nitrogen and oxygen atoms in total. The van der Waals surface area contributed by atoms with Crippen LogP contribution in [0.15, 0.2) is 46.9 Å². The number of H-pyrrole nitrogens is 1. The summed E-state index contributed by atoms with van der Waals surface area (Å²) in [5, 5.41) is 13.3. The van der Waals surface area contributed by atoms with Crippen molar-refractivity contribution in [3.05, 3.63) is 64.0 Å². The standard InChI is InChI=1S/C19H17F2N5O3.C2HF3O2/c1-10-4-13(26-16(24-25-19(26)27)6-12(7-22)18(20)21)8-23-17(10)11-2-3-14-15(5-11)29-9-28-14;3-2(4,5)1(6)7/h2-5,8H,6-7,9,22H2,1H3,(H,25,27);(H,6,7). The quantitative estimate of drug-likeness (QED) is 0.440. The summed E-state index contributed by atoms with van der Waals surface area (Å²) in [5.74, 6) is -1.33. The fourth-order valence-corrected chi connectivity index (χ4v) is 3.15. The lowest BCUT2D eigenvalue weighted by Gasteiger charge is -2.11. The van der Waals surface area contributed by atoms with Crippen LogP contribution in [-0.2, 0) is 11.2 Å². The van der Waals surface area contributed by atoms with Crippen molar-refractivity contribution in [1.29, 1.82) is 0 Å². The summed E-state index contributed by atoms with van der Waals surface area (Å²) in [6.07, 6.45) is -5.71. The van der Waals surface area contributed by atoms with Crippen LogP contribution in [0.5, 0.6) is 11.5 Å². The van der Waals surface area contributed by atoms with E-state index in [0.29, 0.717) is 22.9 Å². The first kappa shape index (κ1) is 26.3. The van der Waals surface area contributed by atoms with Crippen LogP contribution in [-0.4, -0.2) is 50.3 Å². The summed E-state index contributed by atoms with van der Waals surface area (Å²) in [5.41, 5.74) is 7.25. The molecule has 3 aromatic rings. The number of carbonyl (C=O) groups is 1. The van der Waals surface area contributed by atoms with E-state index >= 15 is 0 Å². The van der Waals surface area contributed by atoms with E-state index in [1.165, 1.54) is 10.8 Å². The van der Waals surface area contributed by atoms with Gasteiger partial charge < -0.3 is 20.3 Å². The Hall–Kier alpha value is -4.27. The van der Waals surface area contributed by atoms with Crippen molar-refractivity contribution < 1.29 is 41.3 Å². The number of nitrogens with one attached hydrogen (secondary N) is 1. The molecule has 0 radical (unpaired) electrons. The van der Waals surface area contributed by atoms with E-state index in [-0.39, 0.29) is 31.2 Å². The number of fused-ring (bicyclic) bond motifs is 1. The minimum atomic E-state index is -5.08. The summed E-state index contributed by atoms with van der Waals surface area (Å²) in [7, 11) is 0. The number of benzene rings is 1. The van der Waals surface area contributed by atoms with Crippen molar-refractivity contribution >= 4 is 5.97 Å². The Morgan fingerprint density at radius 2 is 1.89 bits per heavy atom. The van der Waals surface area contributed by atoms with Crippen LogP contribution in [0.2, 0.25) is 0 Å². The number of hydrogen-bond donors (Lipinski definition) is 3. The molecule has 0 saturated carbocycles. The smallest absolute Gasteiger partial charge is 0.475 e. The van der Waals surface area contributed by atoms with Crippen molar-refractivity contribution in [2.45, 2.75) is 19.5 Å². The Labute approximate surface area is 198 Å². The number of rotatable bonds is 5. The number of aromatic nitrogens is 4. The first-order valence-corrected chi connectivity index (χ1v) is 9.99. The SMILES string of the molecule is Cc1cc(-n2c(CC(CN)=C(F)F)n[nH]c2=O)cnc1-c1ccc2c(c1)OCO2.O=C(O)C(F)(F)F. The molecule has 0 bridgehead atoms. The summed E-state index contributed by atoms with van der Waals surface area (Å²) in [4.78, 5) is 25.6. The van der Waals surface area contributed by atoms with E-state index in [0.717, 1.165) is 11.1 Å². The van der Waals surface area contributed by atoms with Crippen LogP contribution in [0.25, 0.3) is 16.9 Å². The highest BCUT2D eigenvalue weighted by Crippen LogP contribution is 2.36. The second-order valence-corrected chi connectivity index (χ2v) is 7.26. The predicted molar refractivity (Wildman–Crippen MR) is 114 cm³/mol. The van der Waals surface area contributed by atoms with Crippen LogP contribution in [0.4, 0.5) is 22.0 Å². The van der Waals surface area contributed by atoms with Crippen molar-refractivity contribution in [2.24, 2.45) is 5.73 Å². The first-order valence-electron chi connectivity index (χ1n) is 9.99. The molecule has 4 rings (SSSR count). The molecule has 4 N–H and O–H groups in total. The predicted octanol–water partition coefficient (Wildman–Crippen LogP) is 2.94. The number of ether oxygens (including phenoxy) is 2. The van der Waals surface area contributed by atoms with Gasteiger partial charge in [-0.1, -0.05) is 0 Å². The molecule has 0 atom stereocenters. The molecule has 15 heteroatoms. The van der Waals surface area contributed by atoms with Gasteiger partial charge in [-0.2, -0.15) is 27.1 Å². The molecule has 1 aliphatic rings. The van der Waals surface area contributed by atoms with Gasteiger partial charge in [0.15, 0.2) is 11.5 Å². The Morgan fingerprint density at radius 3 is 2.47 bits per heavy atom. The Bertz CT molecular complexity index is 1360. The Morgan fingerprint density at radius 1 is 1.22 bits per heavy atom. The van der Waals surface area contributed by atoms with Crippen LogP contribution in [0.3, 0.4) is 0 Å². The van der Waals surface area contributed by atoms with Gasteiger partial charge in [-0.05, 0) is 36.8 Å². The monoisotopic (exact) mass is 515 g/mol. The van der Waals surface area contributed by atoms with Gasteiger partial charge in [0.25, 0.3) is 6.08 Å². The zero-order chi connectivity index (χ0) is 26.6. The summed E-state index contributed by atoms with van der Waals surface area (Å²) < 4.78 is 69.6. The second kappa shape index (κ2) is 10.6. The number of carboxylic acid groups (broad SMARTS) is 1. The summed E-state index contributed by atoms with van der Waals surface area (Å²) >= 11 is 0. The first-order chi connectivity index (χ1) is 16.9. The van der Waals surface area contributed by atoms with Crippen LogP contribution < -0.4 is 20.9 Å². The van der Waals surface area contributed by atoms with Crippen molar-refractivity contribution in [3.63, 3.8) is 0 Å². The van der Waals surface area contributed by atoms with Crippen LogP contribution in [0.1, 0.15) is 11.4 Å². The fraction of sp³-hybridized carbons (Fsp3) is 0.238. The van der Waals surface area contributed by atoms with Gasteiger partial charge in [0.05, 0.1) is 17.6 Å². The highest BCUT2D eigenvalue weighted by atomic mass is 19.4. The lowest BCUT2D eigenvalue weighted by atomic mass is 10.1. The van der Waals surface area contributed by atoms with Gasteiger partial charge >= 0.3 is 17.8 Å². The minimum Gasteiger partial charge on any atom is -0.475 e. The van der Waals surface area contributed by atoms with E-state index in [9.17, 15) is 26.7 Å². The molecule has 0 saturated heterocycles. The summed E-state index contributed by atoms with van der Waals surface area (Å²) in [6, 6.07) is 7.23. The number of pyridine rings is 1. The van der Waals surface area contributed by atoms with E-state index in [2.05, 4.69) is 15.2 Å². The zero-order valence-electron chi connectivity index (χ0n) is 18.4. The number of aliphatic carboxylic acids is 1. The minimum absolute atomic E-state index is 0.125. The Kier molecular flexibility index (Phi) is 7.72. The highest BCUT2D eigenvalue weighted by molar-refractivity contribution is 5.73. The number of carboxylic acids is 1. The zero-order valence-corrected chi connectivity index (χ0v) is 18.4. The molecule has 192 valence electrons. The van der Waals surface area contributed by atoms with Crippen LogP contribution >= 0.6 is 0 Å². The Balaban J connectivity index is 0.000000454. The largest absolute Gasteiger partial charge is 0.490 e. The van der Waals surface area contributed by atoms with Crippen LogP contribution in [0, 0.1) is 6.92 Å². The fourth-order valence-electron chi connectivity index (χ4n) is 3.15. The summed E-state index contributed by atoms with van der Waals surface area (Å²) in [6.45, 7) is 1.69. The van der Waals surface area contributed by atoms with Crippen molar-refractivity contribution in [2.75, 3.05) is 13.3 Å². The van der Waals surface area contributed by atoms with Crippen molar-refractivity contribution in [1.82, 2.24) is 19.7 Å². The normalized spacial score (nSPS) is 12.1. The van der Waals surface area contributed by atoms with Gasteiger partial charge in [0.1, 0.15) is 5.82 Å². The number of halogens is 5. The van der Waals surface area contributed by atoms with Gasteiger partial charge in [-0.3, -0.25) is 4.98 Å². The van der Waals surface area contributed by atoms with E-state index in [1.807, 2.05) is 19.1 Å². The molecule has 1 aliphatic heterocycles. The van der Waals surface area contributed by atoms with Gasteiger partial charge in [0.2, 0.25) is 6.79 Å². The maximum atomic E-state index is 13.0. The van der Waals surface area contributed by atoms with Crippen molar-refractivity contribution in [3.8, 4) is 28.4 Å². The average molecular weight is 515 g/mol. The van der Waals surface area contributed by atoms with Gasteiger partial charge in [-0.25, -0.2) is 19.3 Å². The molecule has 1 aromatic carbocycles. The molecule has 0 unspecified atom stereocenters. The number of alkyl halides is 3. The lowest BCUT2D eigenvalue weighted by Crippen LogP contribution is -2.21. The average Bonchev–Trinajstić information content (AvgIpc) is 3.42. The number of aromatic amines is 1. The molecular weight excluding hydrogens is 497 g/mol. The maximum Gasteiger partial charge on any atom is 0.490 e. The maximum absolute atomic E-state index is 13.0. The van der Waals surface area contributed by atoms with E-state index < -0.39 is 23.9 Å². The third-order valence-corrected chi connectivity index (χ3v) is 4.84. The molecule has 0 amide bonds. The number of hydrogen-bond acceptors (Lipinski definition) is 7. The molecule has 2 aromatic heterocycles. The molecular formula is C21H18F5N5O5. The second-order valence-electron chi connectivity index (χ2n) is 7.26. The molecule has 36 heavy (non-hydrogen) atoms. The lowest BCUT2D eigenvalue weighted by molar-refractivity contribution is -0.192. The number of nitrogens with zero attached hydrogens (tertiary/aromatic N) is 3. The molecule has 0 aliphatic carbocycles. The van der Waals surface area contributed by atoms with Gasteiger partial charge in [-0.15, -0.1) is 0 Å². The molecule has 0 spiro atoms. The number of nitrogens with two attached hydrogens (primary N) is 1. The van der Waals surface area contributed by atoms with E-state index in [4.69, 9.17) is 25.1 Å². The van der Waals surface area contributed by atoms with Gasteiger partial charge in [0, 0.05) is 24.1 Å². The molecule has 0 fully saturated rings. The molecule has 3 heterocycles. The topological polar surface area (TPSA) is 145 Å². The third kappa shape index (κ3) is 5.86.